The molecule has 14 heteroatoms. The zero-order chi connectivity index (χ0) is 36.4. The molecule has 1 saturated heterocycles. The molecule has 0 aromatic heterocycles. The fourth-order valence-corrected chi connectivity index (χ4v) is 3.44. The van der Waals surface area contributed by atoms with Crippen LogP contribution in [0.25, 0.3) is 0 Å². The first-order chi connectivity index (χ1) is 22.3. The Morgan fingerprint density at radius 1 is 0.830 bits per heavy atom. The number of methoxy groups -OCH3 is 2. The van der Waals surface area contributed by atoms with Crippen LogP contribution in [0.4, 0.5) is 0 Å². The molecule has 1 rings (SSSR count). The topological polar surface area (TPSA) is 134 Å². The van der Waals surface area contributed by atoms with Crippen molar-refractivity contribution in [2.45, 2.75) is 106 Å². The van der Waals surface area contributed by atoms with Crippen LogP contribution in [-0.4, -0.2) is 116 Å². The number of hydrogen-bond donors (Lipinski definition) is 2. The van der Waals surface area contributed by atoms with E-state index in [1.165, 1.54) is 0 Å². The van der Waals surface area contributed by atoms with Crippen molar-refractivity contribution in [1.29, 1.82) is 0 Å². The van der Waals surface area contributed by atoms with Crippen LogP contribution >= 0.6 is 40.0 Å². The summed E-state index contributed by atoms with van der Waals surface area (Å²) in [4.78, 5) is 23.6. The van der Waals surface area contributed by atoms with Gasteiger partial charge in [0, 0.05) is 33.9 Å². The number of hydrogen-bond acceptors (Lipinski definition) is 11. The van der Waals surface area contributed by atoms with Gasteiger partial charge in [0.2, 0.25) is 0 Å². The summed E-state index contributed by atoms with van der Waals surface area (Å²) >= 11 is 4.74. The summed E-state index contributed by atoms with van der Waals surface area (Å²) < 4.78 is 35.3. The van der Waals surface area contributed by atoms with E-state index < -0.39 is 11.5 Å². The first-order valence-corrected chi connectivity index (χ1v) is 25.7. The van der Waals surface area contributed by atoms with Crippen LogP contribution in [-0.2, 0) is 52.2 Å². The minimum atomic E-state index is -0.704. The molecule has 1 fully saturated rings. The van der Waals surface area contributed by atoms with Crippen molar-refractivity contribution in [3.63, 3.8) is 0 Å². The maximum absolute atomic E-state index is 12.0. The van der Waals surface area contributed by atoms with E-state index in [-0.39, 0.29) is 30.1 Å². The van der Waals surface area contributed by atoms with E-state index in [1.54, 1.807) is 14.2 Å². The Morgan fingerprint density at radius 2 is 1.30 bits per heavy atom. The van der Waals surface area contributed by atoms with Gasteiger partial charge in [-0.25, -0.2) is 0 Å². The molecule has 0 aromatic carbocycles. The second-order valence-electron chi connectivity index (χ2n) is 12.3. The predicted molar refractivity (Wildman–Crippen MR) is 201 cm³/mol. The molecule has 2 atom stereocenters. The zero-order valence-electron chi connectivity index (χ0n) is 30.7. The van der Waals surface area contributed by atoms with Gasteiger partial charge < -0.3 is 43.6 Å². The van der Waals surface area contributed by atoms with Gasteiger partial charge in [0.05, 0.1) is 50.5 Å². The number of rotatable bonds is 25. The Labute approximate surface area is 315 Å². The van der Waals surface area contributed by atoms with E-state index in [0.29, 0.717) is 55.6 Å². The minimum absolute atomic E-state index is 0.0198. The number of esters is 2. The van der Waals surface area contributed by atoms with E-state index >= 15 is 0 Å². The number of unbranched alkanes of at least 4 members (excludes halogenated alkanes) is 2. The van der Waals surface area contributed by atoms with Crippen LogP contribution < -0.4 is 5.32 Å². The summed E-state index contributed by atoms with van der Waals surface area (Å²) in [7, 11) is 3.93. The summed E-state index contributed by atoms with van der Waals surface area (Å²) in [6, 6.07) is 0. The molecular formula is C33H67I2NO10V. The van der Waals surface area contributed by atoms with Crippen molar-refractivity contribution in [1.82, 2.24) is 5.32 Å². The number of carbonyl (C=O) groups is 2. The summed E-state index contributed by atoms with van der Waals surface area (Å²) in [5.74, 6) is -0.343. The molecule has 1 heterocycles. The standard InChI is InChI=1S/C16H33NO5.C11H20O3.C6H14O2.2HI.V/c1-5-6-7-16(2,3)15(19)22-13-14(18)12-17-8-9-21-11-10-20-4;1-4-5-6-11(2,3)10(12)14-8-9-7-13-9;1-3-4-8-6-5-7-2;;;/h14,17-18H,5-13H2,1-4H3;9H,4-8H2,1-3H3;3-6H2,1-2H3;2*1H;/q;;;;;+2/p-2. The summed E-state index contributed by atoms with van der Waals surface area (Å²) in [6.45, 7) is 20.1. The Morgan fingerprint density at radius 3 is 1.72 bits per heavy atom. The normalized spacial score (nSPS) is 14.3. The number of carbonyl (C=O) groups excluding carboxylic acids is 2. The van der Waals surface area contributed by atoms with Crippen LogP contribution in [0.1, 0.15) is 93.4 Å². The average Bonchev–Trinajstić information content (AvgIpc) is 3.88. The first-order valence-electron chi connectivity index (χ1n) is 16.7. The quantitative estimate of drug-likeness (QED) is 0.0461. The molecule has 11 nitrogen and oxygen atoms in total. The van der Waals surface area contributed by atoms with Gasteiger partial charge in [-0.1, -0.05) is 46.5 Å². The molecule has 0 aromatic rings. The molecule has 0 aliphatic carbocycles. The van der Waals surface area contributed by atoms with Crippen LogP contribution in [0.15, 0.2) is 0 Å². The van der Waals surface area contributed by atoms with Crippen molar-refractivity contribution in [2.75, 3.05) is 86.8 Å². The van der Waals surface area contributed by atoms with Gasteiger partial charge in [0.15, 0.2) is 0 Å². The predicted octanol–water partition coefficient (Wildman–Crippen LogP) is 6.33. The third kappa shape index (κ3) is 37.8. The van der Waals surface area contributed by atoms with E-state index in [0.717, 1.165) is 64.8 Å². The molecule has 0 saturated carbocycles. The van der Waals surface area contributed by atoms with E-state index in [1.807, 2.05) is 27.7 Å². The third-order valence-corrected chi connectivity index (χ3v) is 6.64. The molecule has 2 N–H and O–H groups in total. The molecule has 2 unspecified atom stereocenters. The first kappa shape index (κ1) is 52.1. The van der Waals surface area contributed by atoms with E-state index in [4.69, 9.17) is 33.2 Å². The second-order valence-corrected chi connectivity index (χ2v) is 24.0. The zero-order valence-corrected chi connectivity index (χ0v) is 36.4. The van der Waals surface area contributed by atoms with E-state index in [9.17, 15) is 14.7 Å². The fraction of sp³-hybridized carbons (Fsp3) is 0.939. The Kier molecular flexibility index (Phi) is 40.4. The van der Waals surface area contributed by atoms with Crippen LogP contribution in [0, 0.1) is 10.8 Å². The average molecular weight is 943 g/mol. The summed E-state index contributed by atoms with van der Waals surface area (Å²) in [5, 5.41) is 12.8. The molecule has 0 spiro atoms. The number of ether oxygens (including phenoxy) is 7. The molecule has 1 aliphatic heterocycles. The Hall–Kier alpha value is 0.704. The molecular weight excluding hydrogens is 875 g/mol. The van der Waals surface area contributed by atoms with Gasteiger partial charge in [-0.05, 0) is 47.0 Å². The second kappa shape index (κ2) is 36.5. The van der Waals surface area contributed by atoms with E-state index in [2.05, 4.69) is 66.0 Å². The van der Waals surface area contributed by atoms with Gasteiger partial charge in [-0.15, -0.1) is 0 Å². The molecule has 283 valence electrons. The van der Waals surface area contributed by atoms with Gasteiger partial charge >= 0.3 is 61.4 Å². The number of halogens is 2. The maximum atomic E-state index is 12.0. The van der Waals surface area contributed by atoms with Crippen LogP contribution in [0.3, 0.4) is 0 Å². The van der Waals surface area contributed by atoms with Crippen molar-refractivity contribution >= 4 is 51.9 Å². The monoisotopic (exact) mass is 942 g/mol. The van der Waals surface area contributed by atoms with Crippen molar-refractivity contribution in [2.24, 2.45) is 10.8 Å². The van der Waals surface area contributed by atoms with Gasteiger partial charge in [0.25, 0.3) is 0 Å². The van der Waals surface area contributed by atoms with Crippen molar-refractivity contribution < 1.29 is 57.3 Å². The Bertz CT molecular complexity index is 698. The van der Waals surface area contributed by atoms with Crippen LogP contribution in [0.2, 0.25) is 0 Å². The summed E-state index contributed by atoms with van der Waals surface area (Å²) in [5.41, 5.74) is -0.830. The fourth-order valence-electron chi connectivity index (χ4n) is 3.44. The summed E-state index contributed by atoms with van der Waals surface area (Å²) in [6.07, 6.45) is 6.48. The third-order valence-electron chi connectivity index (χ3n) is 6.64. The van der Waals surface area contributed by atoms with Gasteiger partial charge in [0.1, 0.15) is 25.4 Å². The molecule has 1 aliphatic rings. The number of aliphatic hydroxyl groups is 1. The van der Waals surface area contributed by atoms with Gasteiger partial charge in [-0.2, -0.15) is 0 Å². The molecule has 47 heavy (non-hydrogen) atoms. The number of epoxide rings is 1. The molecule has 0 radical (unpaired) electrons. The SMILES string of the molecule is CCCCC(C)(C)C(=O)OCC(O)CNCCOCCOC.CCCCC(C)(C)C(=O)OCC1CO1.CCCOCCOC.[I][V][I]. The molecule has 0 amide bonds. The number of aliphatic hydroxyl groups excluding tert-OH is 1. The Balaban J connectivity index is -0.000000655. The van der Waals surface area contributed by atoms with Crippen molar-refractivity contribution in [3.05, 3.63) is 0 Å². The molecule has 0 bridgehead atoms. The van der Waals surface area contributed by atoms with Gasteiger partial charge in [-0.3, -0.25) is 9.59 Å². The van der Waals surface area contributed by atoms with Crippen molar-refractivity contribution in [3.8, 4) is 0 Å². The van der Waals surface area contributed by atoms with Crippen LogP contribution in [0.5, 0.6) is 0 Å². The number of nitrogens with one attached hydrogen (secondary N) is 1.